The maximum atomic E-state index is 12.2. The number of carbonyl (C=O) groups excluding carboxylic acids is 1. The van der Waals surface area contributed by atoms with Gasteiger partial charge in [0.25, 0.3) is 5.91 Å². The van der Waals surface area contributed by atoms with E-state index >= 15 is 0 Å². The van der Waals surface area contributed by atoms with E-state index in [1.54, 1.807) is 0 Å². The van der Waals surface area contributed by atoms with E-state index in [1.807, 2.05) is 43.3 Å². The second kappa shape index (κ2) is 8.56. The smallest absolute Gasteiger partial charge is 0.290 e. The molecule has 120 valence electrons. The number of carbonyl (C=O) groups is 1. The monoisotopic (exact) mass is 305 g/mol. The van der Waals surface area contributed by atoms with Gasteiger partial charge in [0.05, 0.1) is 6.61 Å². The summed E-state index contributed by atoms with van der Waals surface area (Å²) in [7, 11) is 0. The molecular weight excluding hydrogens is 282 g/mol. The predicted octanol–water partition coefficient (Wildman–Crippen LogP) is 2.68. The predicted molar refractivity (Wildman–Crippen MR) is 84.1 cm³/mol. The van der Waals surface area contributed by atoms with Crippen LogP contribution >= 0.6 is 0 Å². The molecule has 2 atom stereocenters. The lowest BCUT2D eigenvalue weighted by Gasteiger charge is -2.27. The van der Waals surface area contributed by atoms with Gasteiger partial charge in [-0.05, 0) is 37.0 Å². The van der Waals surface area contributed by atoms with Gasteiger partial charge < -0.3 is 19.9 Å². The van der Waals surface area contributed by atoms with E-state index in [-0.39, 0.29) is 18.4 Å². The number of aliphatic hydroxyl groups is 1. The van der Waals surface area contributed by atoms with Crippen LogP contribution in [0, 0.1) is 5.92 Å². The lowest BCUT2D eigenvalue weighted by molar-refractivity contribution is -0.145. The molecule has 0 unspecified atom stereocenters. The molecule has 0 saturated carbocycles. The summed E-state index contributed by atoms with van der Waals surface area (Å²) in [6.07, 6.45) is 3.63. The summed E-state index contributed by atoms with van der Waals surface area (Å²) in [5.74, 6) is 0.254. The van der Waals surface area contributed by atoms with Crippen molar-refractivity contribution >= 4 is 11.6 Å². The fourth-order valence-electron chi connectivity index (χ4n) is 2.23. The first kappa shape index (κ1) is 16.5. The van der Waals surface area contributed by atoms with Crippen molar-refractivity contribution in [3.8, 4) is 0 Å². The first-order chi connectivity index (χ1) is 10.7. The fourth-order valence-corrected chi connectivity index (χ4v) is 2.23. The van der Waals surface area contributed by atoms with Crippen molar-refractivity contribution in [2.45, 2.75) is 32.5 Å². The van der Waals surface area contributed by atoms with Gasteiger partial charge >= 0.3 is 0 Å². The Balaban J connectivity index is 1.88. The lowest BCUT2D eigenvalue weighted by atomic mass is 10.0. The Labute approximate surface area is 130 Å². The summed E-state index contributed by atoms with van der Waals surface area (Å²) in [6, 6.07) is 9.27. The quantitative estimate of drug-likeness (QED) is 0.760. The van der Waals surface area contributed by atoms with E-state index in [0.717, 1.165) is 18.5 Å². The summed E-state index contributed by atoms with van der Waals surface area (Å²) in [5.41, 5.74) is 0.732. The Bertz CT molecular complexity index is 501. The first-order valence-electron chi connectivity index (χ1n) is 7.66. The van der Waals surface area contributed by atoms with E-state index in [9.17, 15) is 4.79 Å². The highest BCUT2D eigenvalue weighted by molar-refractivity contribution is 6.02. The van der Waals surface area contributed by atoms with Crippen LogP contribution in [-0.4, -0.2) is 30.5 Å². The minimum absolute atomic E-state index is 0.163. The molecule has 1 amide bonds. The summed E-state index contributed by atoms with van der Waals surface area (Å²) in [5, 5.41) is 11.6. The Morgan fingerprint density at radius 2 is 2.14 bits per heavy atom. The van der Waals surface area contributed by atoms with E-state index < -0.39 is 6.29 Å². The lowest BCUT2D eigenvalue weighted by Crippen LogP contribution is -2.29. The molecule has 5 heteroatoms. The normalized spacial score (nSPS) is 20.9. The van der Waals surface area contributed by atoms with Crippen molar-refractivity contribution in [1.29, 1.82) is 0 Å². The molecule has 0 fully saturated rings. The van der Waals surface area contributed by atoms with E-state index in [2.05, 4.69) is 5.32 Å². The highest BCUT2D eigenvalue weighted by Crippen LogP contribution is 2.24. The van der Waals surface area contributed by atoms with Gasteiger partial charge in [-0.3, -0.25) is 4.79 Å². The van der Waals surface area contributed by atoms with E-state index in [4.69, 9.17) is 14.6 Å². The van der Waals surface area contributed by atoms with Crippen LogP contribution < -0.4 is 5.32 Å². The van der Waals surface area contributed by atoms with Crippen LogP contribution in [0.4, 0.5) is 5.69 Å². The maximum Gasteiger partial charge on any atom is 0.290 e. The van der Waals surface area contributed by atoms with Gasteiger partial charge in [-0.2, -0.15) is 0 Å². The molecule has 0 radical (unpaired) electrons. The summed E-state index contributed by atoms with van der Waals surface area (Å²) >= 11 is 0. The van der Waals surface area contributed by atoms with E-state index in [1.165, 1.54) is 0 Å². The first-order valence-corrected chi connectivity index (χ1v) is 7.66. The molecule has 1 heterocycles. The van der Waals surface area contributed by atoms with Gasteiger partial charge in [-0.15, -0.1) is 0 Å². The SMILES string of the molecule is C[C@@H]1C=C(C(=O)Nc2ccccc2)O[C@H](OCCCCO)C1. The molecule has 2 N–H and O–H groups in total. The largest absolute Gasteiger partial charge is 0.459 e. The standard InChI is InChI=1S/C17H23NO4/c1-13-11-15(17(20)18-14-7-3-2-4-8-14)22-16(12-13)21-10-6-5-9-19/h2-4,7-8,11,13,16,19H,5-6,9-10,12H2,1H3,(H,18,20)/t13-,16+/m1/s1. The Hall–Kier alpha value is -1.85. The number of aliphatic hydroxyl groups excluding tert-OH is 1. The number of hydrogen-bond acceptors (Lipinski definition) is 4. The number of anilines is 1. The number of ether oxygens (including phenoxy) is 2. The molecule has 1 aromatic carbocycles. The molecule has 1 aliphatic heterocycles. The molecular formula is C17H23NO4. The molecule has 5 nitrogen and oxygen atoms in total. The highest BCUT2D eigenvalue weighted by atomic mass is 16.7. The third-order valence-electron chi connectivity index (χ3n) is 3.37. The average molecular weight is 305 g/mol. The molecule has 2 rings (SSSR count). The molecule has 1 aliphatic rings. The highest BCUT2D eigenvalue weighted by Gasteiger charge is 2.25. The molecule has 0 saturated heterocycles. The molecule has 0 aliphatic carbocycles. The molecule has 0 aromatic heterocycles. The van der Waals surface area contributed by atoms with Crippen LogP contribution in [0.5, 0.6) is 0 Å². The number of hydrogen-bond donors (Lipinski definition) is 2. The number of para-hydroxylation sites is 1. The topological polar surface area (TPSA) is 67.8 Å². The Morgan fingerprint density at radius 1 is 1.36 bits per heavy atom. The third kappa shape index (κ3) is 5.16. The van der Waals surface area contributed by atoms with Crippen molar-refractivity contribution in [3.63, 3.8) is 0 Å². The molecule has 1 aromatic rings. The number of nitrogens with one attached hydrogen (secondary N) is 1. The maximum absolute atomic E-state index is 12.2. The minimum Gasteiger partial charge on any atom is -0.459 e. The second-order valence-electron chi connectivity index (χ2n) is 5.41. The van der Waals surface area contributed by atoms with Crippen LogP contribution in [0.1, 0.15) is 26.2 Å². The van der Waals surface area contributed by atoms with Crippen molar-refractivity contribution < 1.29 is 19.4 Å². The Kier molecular flexibility index (Phi) is 6.43. The number of allylic oxidation sites excluding steroid dienone is 1. The summed E-state index contributed by atoms with van der Waals surface area (Å²) in [6.45, 7) is 2.71. The number of unbranched alkanes of at least 4 members (excludes halogenated alkanes) is 1. The number of rotatable bonds is 7. The summed E-state index contributed by atoms with van der Waals surface area (Å²) < 4.78 is 11.3. The van der Waals surface area contributed by atoms with Crippen molar-refractivity contribution in [2.75, 3.05) is 18.5 Å². The average Bonchev–Trinajstić information content (AvgIpc) is 2.52. The van der Waals surface area contributed by atoms with Gasteiger partial charge in [0.2, 0.25) is 6.29 Å². The van der Waals surface area contributed by atoms with Crippen LogP contribution in [0.15, 0.2) is 42.2 Å². The van der Waals surface area contributed by atoms with Gasteiger partial charge in [0.15, 0.2) is 5.76 Å². The van der Waals surface area contributed by atoms with Crippen molar-refractivity contribution in [2.24, 2.45) is 5.92 Å². The van der Waals surface area contributed by atoms with Crippen LogP contribution in [-0.2, 0) is 14.3 Å². The van der Waals surface area contributed by atoms with Gasteiger partial charge in [-0.1, -0.05) is 25.1 Å². The zero-order chi connectivity index (χ0) is 15.8. The Morgan fingerprint density at radius 3 is 2.86 bits per heavy atom. The van der Waals surface area contributed by atoms with Crippen LogP contribution in [0.2, 0.25) is 0 Å². The molecule has 0 bridgehead atoms. The number of benzene rings is 1. The third-order valence-corrected chi connectivity index (χ3v) is 3.37. The molecule has 0 spiro atoms. The zero-order valence-electron chi connectivity index (χ0n) is 12.8. The van der Waals surface area contributed by atoms with E-state index in [0.29, 0.717) is 18.8 Å². The minimum atomic E-state index is -0.407. The van der Waals surface area contributed by atoms with Crippen LogP contribution in [0.3, 0.4) is 0 Å². The van der Waals surface area contributed by atoms with Crippen LogP contribution in [0.25, 0.3) is 0 Å². The second-order valence-corrected chi connectivity index (χ2v) is 5.41. The van der Waals surface area contributed by atoms with Gasteiger partial charge in [0, 0.05) is 18.7 Å². The zero-order valence-corrected chi connectivity index (χ0v) is 12.8. The van der Waals surface area contributed by atoms with Gasteiger partial charge in [0.1, 0.15) is 0 Å². The summed E-state index contributed by atoms with van der Waals surface area (Å²) in [4.78, 5) is 12.2. The fraction of sp³-hybridized carbons (Fsp3) is 0.471. The molecule has 22 heavy (non-hydrogen) atoms. The van der Waals surface area contributed by atoms with Crippen molar-refractivity contribution in [1.82, 2.24) is 0 Å². The van der Waals surface area contributed by atoms with Crippen molar-refractivity contribution in [3.05, 3.63) is 42.2 Å². The van der Waals surface area contributed by atoms with Gasteiger partial charge in [-0.25, -0.2) is 0 Å². The number of amides is 1.